The van der Waals surface area contributed by atoms with Crippen LogP contribution in [0.5, 0.6) is 0 Å². The van der Waals surface area contributed by atoms with Gasteiger partial charge in [-0.05, 0) is 47.1 Å². The number of rotatable bonds is 4. The van der Waals surface area contributed by atoms with Crippen molar-refractivity contribution in [2.24, 2.45) is 0 Å². The van der Waals surface area contributed by atoms with Crippen LogP contribution >= 0.6 is 0 Å². The number of carbonyl (C=O) groups is 2. The molecular weight excluding hydrogens is 402 g/mol. The van der Waals surface area contributed by atoms with Crippen molar-refractivity contribution in [1.29, 1.82) is 0 Å². The molecule has 2 atom stereocenters. The summed E-state index contributed by atoms with van der Waals surface area (Å²) in [7, 11) is 0. The number of hydrogen-bond acceptors (Lipinski definition) is 3. The Kier molecular flexibility index (Phi) is 5.39. The first-order valence-electron chi connectivity index (χ1n) is 11.1. The molecule has 0 aromatic heterocycles. The predicted molar refractivity (Wildman–Crippen MR) is 121 cm³/mol. The fourth-order valence-electron chi connectivity index (χ4n) is 5.17. The summed E-state index contributed by atoms with van der Waals surface area (Å²) < 4.78 is 5.83. The smallest absolute Gasteiger partial charge is 0.411 e. The van der Waals surface area contributed by atoms with Gasteiger partial charge in [0, 0.05) is 5.92 Å². The molecule has 1 amide bonds. The first-order chi connectivity index (χ1) is 15.6. The Morgan fingerprint density at radius 3 is 2.06 bits per heavy atom. The second-order valence-corrected chi connectivity index (χ2v) is 8.42. The van der Waals surface area contributed by atoms with Crippen LogP contribution in [0.2, 0.25) is 0 Å². The molecule has 1 fully saturated rings. The van der Waals surface area contributed by atoms with E-state index in [1.165, 1.54) is 4.90 Å². The van der Waals surface area contributed by atoms with Crippen LogP contribution < -0.4 is 0 Å². The number of nitrogens with zero attached hydrogens (tertiary/aromatic N) is 1. The Hall–Kier alpha value is -3.60. The second kappa shape index (κ2) is 8.50. The van der Waals surface area contributed by atoms with Gasteiger partial charge in [0.25, 0.3) is 0 Å². The number of benzene rings is 3. The molecule has 1 heterocycles. The van der Waals surface area contributed by atoms with Gasteiger partial charge in [0.05, 0.1) is 6.04 Å². The molecular formula is C27H25NO4. The SMILES string of the molecule is O=C(O)C1CCCC(c2ccccc2)N1C(=O)OCC1c2ccccc2-c2ccccc21. The van der Waals surface area contributed by atoms with Gasteiger partial charge in [0.2, 0.25) is 0 Å². The molecule has 1 aliphatic carbocycles. The van der Waals surface area contributed by atoms with Crippen molar-refractivity contribution in [3.8, 4) is 11.1 Å². The second-order valence-electron chi connectivity index (χ2n) is 8.42. The minimum absolute atomic E-state index is 0.0606. The first-order valence-corrected chi connectivity index (χ1v) is 11.1. The molecule has 0 radical (unpaired) electrons. The van der Waals surface area contributed by atoms with E-state index in [0.717, 1.165) is 40.7 Å². The Balaban J connectivity index is 1.41. The van der Waals surface area contributed by atoms with Gasteiger partial charge in [-0.1, -0.05) is 78.9 Å². The summed E-state index contributed by atoms with van der Waals surface area (Å²) in [4.78, 5) is 26.7. The number of aliphatic carboxylic acids is 1. The molecule has 0 spiro atoms. The molecule has 2 unspecified atom stereocenters. The highest BCUT2D eigenvalue weighted by molar-refractivity contribution is 5.81. The van der Waals surface area contributed by atoms with Crippen LogP contribution in [0, 0.1) is 0 Å². The average molecular weight is 428 g/mol. The summed E-state index contributed by atoms with van der Waals surface area (Å²) in [6.45, 7) is 0.178. The van der Waals surface area contributed by atoms with Crippen molar-refractivity contribution < 1.29 is 19.4 Å². The van der Waals surface area contributed by atoms with Crippen molar-refractivity contribution in [3.05, 3.63) is 95.6 Å². The van der Waals surface area contributed by atoms with E-state index < -0.39 is 18.1 Å². The molecule has 5 nitrogen and oxygen atoms in total. The molecule has 162 valence electrons. The van der Waals surface area contributed by atoms with Crippen molar-refractivity contribution in [1.82, 2.24) is 4.90 Å². The normalized spacial score (nSPS) is 19.8. The number of carboxylic acids is 1. The van der Waals surface area contributed by atoms with E-state index in [9.17, 15) is 14.7 Å². The molecule has 1 saturated heterocycles. The molecule has 5 heteroatoms. The summed E-state index contributed by atoms with van der Waals surface area (Å²) in [5.41, 5.74) is 5.52. The molecule has 2 aliphatic rings. The zero-order valence-corrected chi connectivity index (χ0v) is 17.7. The highest BCUT2D eigenvalue weighted by atomic mass is 16.6. The standard InChI is InChI=1S/C27H25NO4/c29-26(30)25-16-8-15-24(18-9-2-1-3-10-18)28(25)27(31)32-17-23-21-13-6-4-11-19(21)20-12-5-7-14-22(20)23/h1-7,9-14,23-25H,8,15-17H2,(H,29,30). The van der Waals surface area contributed by atoms with E-state index in [1.54, 1.807) is 0 Å². The lowest BCUT2D eigenvalue weighted by molar-refractivity contribution is -0.145. The van der Waals surface area contributed by atoms with Gasteiger partial charge in [0.15, 0.2) is 0 Å². The Morgan fingerprint density at radius 1 is 0.844 bits per heavy atom. The number of carbonyl (C=O) groups excluding carboxylic acids is 1. The van der Waals surface area contributed by atoms with Crippen molar-refractivity contribution in [2.75, 3.05) is 6.61 Å². The minimum atomic E-state index is -0.987. The van der Waals surface area contributed by atoms with Gasteiger partial charge in [-0.25, -0.2) is 9.59 Å². The Labute approximate surface area is 187 Å². The van der Waals surface area contributed by atoms with Gasteiger partial charge in [-0.2, -0.15) is 0 Å². The maximum atomic E-state index is 13.3. The molecule has 1 N–H and O–H groups in total. The first kappa shape index (κ1) is 20.3. The molecule has 32 heavy (non-hydrogen) atoms. The maximum absolute atomic E-state index is 13.3. The number of piperidine rings is 1. The van der Waals surface area contributed by atoms with Gasteiger partial charge in [0.1, 0.15) is 12.6 Å². The van der Waals surface area contributed by atoms with Crippen LogP contribution in [0.3, 0.4) is 0 Å². The Morgan fingerprint density at radius 2 is 1.44 bits per heavy atom. The third kappa shape index (κ3) is 3.54. The maximum Gasteiger partial charge on any atom is 0.411 e. The van der Waals surface area contributed by atoms with E-state index in [0.29, 0.717) is 6.42 Å². The van der Waals surface area contributed by atoms with Gasteiger partial charge in [-0.15, -0.1) is 0 Å². The lowest BCUT2D eigenvalue weighted by Crippen LogP contribution is -2.50. The van der Waals surface area contributed by atoms with Crippen molar-refractivity contribution in [2.45, 2.75) is 37.3 Å². The molecule has 1 aliphatic heterocycles. The monoisotopic (exact) mass is 427 g/mol. The van der Waals surface area contributed by atoms with E-state index in [1.807, 2.05) is 54.6 Å². The number of fused-ring (bicyclic) bond motifs is 3. The zero-order chi connectivity index (χ0) is 22.1. The fourth-order valence-corrected chi connectivity index (χ4v) is 5.17. The Bertz CT molecular complexity index is 1100. The van der Waals surface area contributed by atoms with Crippen molar-refractivity contribution >= 4 is 12.1 Å². The minimum Gasteiger partial charge on any atom is -0.480 e. The number of ether oxygens (including phenoxy) is 1. The molecule has 3 aromatic carbocycles. The summed E-state index contributed by atoms with van der Waals surface area (Å²) in [6.07, 6.45) is 1.35. The van der Waals surface area contributed by atoms with E-state index in [4.69, 9.17) is 4.74 Å². The summed E-state index contributed by atoms with van der Waals surface area (Å²) in [6, 6.07) is 24.8. The lowest BCUT2D eigenvalue weighted by Gasteiger charge is -2.39. The van der Waals surface area contributed by atoms with Crippen LogP contribution in [-0.4, -0.2) is 34.7 Å². The molecule has 0 bridgehead atoms. The highest BCUT2D eigenvalue weighted by Gasteiger charge is 2.40. The largest absolute Gasteiger partial charge is 0.480 e. The molecule has 3 aromatic rings. The molecule has 0 saturated carbocycles. The van der Waals surface area contributed by atoms with E-state index in [-0.39, 0.29) is 18.6 Å². The third-order valence-electron chi connectivity index (χ3n) is 6.64. The highest BCUT2D eigenvalue weighted by Crippen LogP contribution is 2.45. The fraction of sp³-hybridized carbons (Fsp3) is 0.259. The number of likely N-dealkylation sites (tertiary alicyclic amines) is 1. The number of carboxylic acid groups (broad SMARTS) is 1. The lowest BCUT2D eigenvalue weighted by atomic mass is 9.91. The van der Waals surface area contributed by atoms with Gasteiger partial charge in [-0.3, -0.25) is 4.90 Å². The van der Waals surface area contributed by atoms with Crippen molar-refractivity contribution in [3.63, 3.8) is 0 Å². The quantitative estimate of drug-likeness (QED) is 0.587. The molecule has 5 rings (SSSR count). The summed E-state index contributed by atoms with van der Waals surface area (Å²) in [5.74, 6) is -1.05. The van der Waals surface area contributed by atoms with Crippen LogP contribution in [-0.2, 0) is 9.53 Å². The predicted octanol–water partition coefficient (Wildman–Crippen LogP) is 5.62. The summed E-state index contributed by atoms with van der Waals surface area (Å²) >= 11 is 0. The van der Waals surface area contributed by atoms with Gasteiger partial charge < -0.3 is 9.84 Å². The number of amides is 1. The summed E-state index contributed by atoms with van der Waals surface area (Å²) in [5, 5.41) is 9.81. The van der Waals surface area contributed by atoms with Crippen LogP contribution in [0.4, 0.5) is 4.79 Å². The van der Waals surface area contributed by atoms with Crippen LogP contribution in [0.25, 0.3) is 11.1 Å². The van der Waals surface area contributed by atoms with E-state index in [2.05, 4.69) is 24.3 Å². The topological polar surface area (TPSA) is 66.8 Å². The third-order valence-corrected chi connectivity index (χ3v) is 6.64. The van der Waals surface area contributed by atoms with E-state index >= 15 is 0 Å². The van der Waals surface area contributed by atoms with Gasteiger partial charge >= 0.3 is 12.1 Å². The zero-order valence-electron chi connectivity index (χ0n) is 17.7. The average Bonchev–Trinajstić information content (AvgIpc) is 3.16. The van der Waals surface area contributed by atoms with Crippen LogP contribution in [0.15, 0.2) is 78.9 Å². The number of hydrogen-bond donors (Lipinski definition) is 1. The van der Waals surface area contributed by atoms with Crippen LogP contribution in [0.1, 0.15) is 47.9 Å².